The zero-order chi connectivity index (χ0) is 27.3. The number of amides is 1. The molecular weight excluding hydrogens is 512 g/mol. The van der Waals surface area contributed by atoms with Gasteiger partial charge in [0, 0.05) is 5.69 Å². The van der Waals surface area contributed by atoms with Crippen LogP contribution >= 0.6 is 0 Å². The monoisotopic (exact) mass is 536 g/mol. The largest absolute Gasteiger partial charge is 0.573 e. The van der Waals surface area contributed by atoms with Crippen LogP contribution in [0.2, 0.25) is 0 Å². The Morgan fingerprint density at radius 3 is 2.39 bits per heavy atom. The molecule has 0 aliphatic heterocycles. The molecule has 9 nitrogen and oxygen atoms in total. The lowest BCUT2D eigenvalue weighted by Crippen LogP contribution is -2.23. The third kappa shape index (κ3) is 6.99. The predicted octanol–water partition coefficient (Wildman–Crippen LogP) is 5.94. The van der Waals surface area contributed by atoms with Gasteiger partial charge in [0.15, 0.2) is 0 Å². The molecule has 2 aromatic carbocycles. The van der Waals surface area contributed by atoms with Crippen LogP contribution in [-0.2, 0) is 9.53 Å². The highest BCUT2D eigenvalue weighted by molar-refractivity contribution is 6.01. The van der Waals surface area contributed by atoms with Gasteiger partial charge in [-0.25, -0.2) is 4.39 Å². The molecular formula is C25H24F4N4O5. The minimum Gasteiger partial charge on any atom is -0.466 e. The Morgan fingerprint density at radius 1 is 1.05 bits per heavy atom. The molecule has 1 saturated carbocycles. The molecule has 4 rings (SSSR count). The number of hydrogen-bond acceptors (Lipinski definition) is 8. The molecule has 1 fully saturated rings. The van der Waals surface area contributed by atoms with E-state index in [0.717, 1.165) is 30.5 Å². The van der Waals surface area contributed by atoms with Crippen LogP contribution in [0.1, 0.15) is 54.8 Å². The number of rotatable bonds is 8. The lowest BCUT2D eigenvalue weighted by atomic mass is 9.78. The number of hydrogen-bond donors (Lipinski definition) is 2. The first-order chi connectivity index (χ1) is 18.1. The van der Waals surface area contributed by atoms with Gasteiger partial charge in [-0.3, -0.25) is 9.59 Å². The predicted molar refractivity (Wildman–Crippen MR) is 126 cm³/mol. The van der Waals surface area contributed by atoms with Crippen molar-refractivity contribution >= 4 is 29.3 Å². The summed E-state index contributed by atoms with van der Waals surface area (Å²) in [5.74, 6) is -2.58. The topological polar surface area (TPSA) is 116 Å². The number of anilines is 3. The number of carbonyl (C=O) groups excluding carboxylic acids is 2. The third-order valence-corrected chi connectivity index (χ3v) is 6.02. The summed E-state index contributed by atoms with van der Waals surface area (Å²) < 4.78 is 65.7. The first-order valence-electron chi connectivity index (χ1n) is 11.8. The molecule has 0 radical (unpaired) electrons. The average molecular weight is 536 g/mol. The summed E-state index contributed by atoms with van der Waals surface area (Å²) in [6.45, 7) is 2.11. The second-order valence-electron chi connectivity index (χ2n) is 8.60. The molecule has 1 aliphatic rings. The summed E-state index contributed by atoms with van der Waals surface area (Å²) >= 11 is 0. The van der Waals surface area contributed by atoms with E-state index < -0.39 is 29.7 Å². The lowest BCUT2D eigenvalue weighted by Gasteiger charge is -2.27. The summed E-state index contributed by atoms with van der Waals surface area (Å²) in [4.78, 5) is 24.4. The van der Waals surface area contributed by atoms with Crippen LogP contribution in [0.25, 0.3) is 0 Å². The van der Waals surface area contributed by atoms with E-state index in [1.807, 2.05) is 0 Å². The first kappa shape index (κ1) is 26.9. The van der Waals surface area contributed by atoms with Gasteiger partial charge >= 0.3 is 30.1 Å². The number of alkyl halides is 3. The molecule has 1 amide bonds. The highest BCUT2D eigenvalue weighted by Gasteiger charge is 2.31. The molecule has 0 unspecified atom stereocenters. The van der Waals surface area contributed by atoms with Crippen molar-refractivity contribution in [3.63, 3.8) is 0 Å². The number of aromatic nitrogens is 2. The molecule has 13 heteroatoms. The summed E-state index contributed by atoms with van der Waals surface area (Å²) in [5, 5.41) is 12.3. The highest BCUT2D eigenvalue weighted by atomic mass is 19.4. The van der Waals surface area contributed by atoms with Gasteiger partial charge in [-0.15, -0.1) is 18.3 Å². The Morgan fingerprint density at radius 2 is 1.76 bits per heavy atom. The zero-order valence-electron chi connectivity index (χ0n) is 20.2. The van der Waals surface area contributed by atoms with E-state index in [2.05, 4.69) is 25.6 Å². The normalized spacial score (nSPS) is 17.5. The number of esters is 1. The average Bonchev–Trinajstić information content (AvgIpc) is 3.34. The van der Waals surface area contributed by atoms with Crippen LogP contribution in [0.15, 0.2) is 46.9 Å². The smallest absolute Gasteiger partial charge is 0.466 e. The second-order valence-corrected chi connectivity index (χ2v) is 8.60. The Hall–Kier alpha value is -4.16. The number of halogens is 4. The molecule has 1 aliphatic carbocycles. The molecule has 0 spiro atoms. The van der Waals surface area contributed by atoms with E-state index in [0.29, 0.717) is 25.1 Å². The van der Waals surface area contributed by atoms with Crippen molar-refractivity contribution in [2.24, 2.45) is 5.92 Å². The molecule has 1 heterocycles. The van der Waals surface area contributed by atoms with Crippen molar-refractivity contribution in [3.8, 4) is 5.75 Å². The third-order valence-electron chi connectivity index (χ3n) is 6.02. The maximum Gasteiger partial charge on any atom is 0.573 e. The quantitative estimate of drug-likeness (QED) is 0.269. The van der Waals surface area contributed by atoms with Crippen molar-refractivity contribution < 1.29 is 41.0 Å². The molecule has 1 aromatic heterocycles. The van der Waals surface area contributed by atoms with Crippen molar-refractivity contribution in [2.45, 2.75) is 44.9 Å². The molecule has 3 aromatic rings. The number of nitrogens with one attached hydrogen (secondary N) is 2. The fraction of sp³-hybridized carbons (Fsp3) is 0.360. The van der Waals surface area contributed by atoms with E-state index in [4.69, 9.17) is 9.15 Å². The van der Waals surface area contributed by atoms with Gasteiger partial charge in [0.2, 0.25) is 0 Å². The van der Waals surface area contributed by atoms with Gasteiger partial charge in [-0.2, -0.15) is 0 Å². The van der Waals surface area contributed by atoms with Crippen LogP contribution in [0.4, 0.5) is 35.0 Å². The van der Waals surface area contributed by atoms with Gasteiger partial charge in [0.1, 0.15) is 11.6 Å². The van der Waals surface area contributed by atoms with Gasteiger partial charge < -0.3 is 24.5 Å². The number of benzene rings is 2. The highest BCUT2D eigenvalue weighted by Crippen LogP contribution is 2.37. The fourth-order valence-electron chi connectivity index (χ4n) is 4.21. The van der Waals surface area contributed by atoms with Crippen LogP contribution in [0.5, 0.6) is 5.75 Å². The lowest BCUT2D eigenvalue weighted by molar-refractivity contribution is -0.274. The first-order valence-corrected chi connectivity index (χ1v) is 11.8. The van der Waals surface area contributed by atoms with Gasteiger partial charge in [-0.05, 0) is 80.5 Å². The summed E-state index contributed by atoms with van der Waals surface area (Å²) in [7, 11) is 0. The molecule has 0 saturated heterocycles. The molecule has 38 heavy (non-hydrogen) atoms. The molecule has 0 atom stereocenters. The number of nitrogens with zero attached hydrogens (tertiary/aromatic N) is 2. The van der Waals surface area contributed by atoms with Gasteiger partial charge in [0.25, 0.3) is 0 Å². The van der Waals surface area contributed by atoms with Gasteiger partial charge in [0.05, 0.1) is 18.2 Å². The standard InChI is InChI=1S/C25H24F4N4O5/c1-2-36-23(35)15-5-3-14(4-6-15)16-7-12-20(19(26)13-16)31-21(34)22-32-33-24(37-22)30-17-8-10-18(11-9-17)38-25(27,28)29/h7-15H,2-6H2,1H3,(H,30,33)(H,31,34). The van der Waals surface area contributed by atoms with Gasteiger partial charge in [-0.1, -0.05) is 11.2 Å². The van der Waals surface area contributed by atoms with Crippen LogP contribution in [0.3, 0.4) is 0 Å². The van der Waals surface area contributed by atoms with Crippen molar-refractivity contribution in [2.75, 3.05) is 17.2 Å². The Bertz CT molecular complexity index is 1270. The van der Waals surface area contributed by atoms with E-state index in [-0.39, 0.29) is 29.5 Å². The Balaban J connectivity index is 1.32. The minimum atomic E-state index is -4.81. The second kappa shape index (κ2) is 11.5. The van der Waals surface area contributed by atoms with Crippen LogP contribution < -0.4 is 15.4 Å². The molecule has 0 bridgehead atoms. The van der Waals surface area contributed by atoms with Crippen molar-refractivity contribution in [1.82, 2.24) is 10.2 Å². The maximum atomic E-state index is 14.8. The maximum absolute atomic E-state index is 14.8. The summed E-state index contributed by atoms with van der Waals surface area (Å²) in [6, 6.07) is 9.06. The fourth-order valence-corrected chi connectivity index (χ4v) is 4.21. The minimum absolute atomic E-state index is 0.0769. The van der Waals surface area contributed by atoms with E-state index in [1.165, 1.54) is 24.3 Å². The Labute approximate surface area is 214 Å². The SMILES string of the molecule is CCOC(=O)C1CCC(c2ccc(NC(=O)c3nnc(Nc4ccc(OC(F)(F)F)cc4)o3)c(F)c2)CC1. The van der Waals surface area contributed by atoms with Crippen LogP contribution in [-0.4, -0.2) is 35.0 Å². The van der Waals surface area contributed by atoms with E-state index in [9.17, 15) is 27.2 Å². The summed E-state index contributed by atoms with van der Waals surface area (Å²) in [5.41, 5.74) is 0.999. The molecule has 2 N–H and O–H groups in total. The summed E-state index contributed by atoms with van der Waals surface area (Å²) in [6.07, 6.45) is -2.02. The zero-order valence-corrected chi connectivity index (χ0v) is 20.2. The van der Waals surface area contributed by atoms with E-state index >= 15 is 0 Å². The van der Waals surface area contributed by atoms with Crippen molar-refractivity contribution in [3.05, 3.63) is 59.7 Å². The molecule has 202 valence electrons. The van der Waals surface area contributed by atoms with Crippen molar-refractivity contribution in [1.29, 1.82) is 0 Å². The number of ether oxygens (including phenoxy) is 2. The van der Waals surface area contributed by atoms with Crippen LogP contribution in [0, 0.1) is 11.7 Å². The van der Waals surface area contributed by atoms with E-state index in [1.54, 1.807) is 13.0 Å². The number of carbonyl (C=O) groups is 2. The Kier molecular flexibility index (Phi) is 8.13.